The fourth-order valence-corrected chi connectivity index (χ4v) is 1.12. The summed E-state index contributed by atoms with van der Waals surface area (Å²) in [5, 5.41) is 0. The Kier molecular flexibility index (Phi) is 2.81. The van der Waals surface area contributed by atoms with Crippen LogP contribution in [0.3, 0.4) is 0 Å². The fraction of sp³-hybridized carbons (Fsp3) is 0.125. The number of nitrogen functional groups attached to an aromatic ring is 1. The number of nitrogens with zero attached hydrogens (tertiary/aromatic N) is 3. The van der Waals surface area contributed by atoms with E-state index in [2.05, 4.69) is 24.7 Å². The number of ether oxygens (including phenoxy) is 1. The summed E-state index contributed by atoms with van der Waals surface area (Å²) in [7, 11) is 0. The molecule has 0 radical (unpaired) electrons. The molecule has 0 bridgehead atoms. The molecule has 0 aromatic carbocycles. The van der Waals surface area contributed by atoms with Crippen molar-refractivity contribution in [1.29, 1.82) is 0 Å². The number of hydrogen-bond donors (Lipinski definition) is 2. The number of halogens is 3. The Morgan fingerprint density at radius 3 is 2.68 bits per heavy atom. The quantitative estimate of drug-likeness (QED) is 0.688. The van der Waals surface area contributed by atoms with Crippen LogP contribution in [0.5, 0.6) is 5.88 Å². The largest absolute Gasteiger partial charge is 0.491 e. The van der Waals surface area contributed by atoms with Gasteiger partial charge in [0.1, 0.15) is 0 Å². The molecule has 100 valence electrons. The molecule has 0 aliphatic rings. The lowest BCUT2D eigenvalue weighted by molar-refractivity contribution is -0.190. The molecule has 3 N–H and O–H groups in total. The molecule has 0 unspecified atom stereocenters. The lowest BCUT2D eigenvalue weighted by atomic mass is 10.5. The summed E-state index contributed by atoms with van der Waals surface area (Å²) in [6.07, 6.45) is -4.46. The van der Waals surface area contributed by atoms with Gasteiger partial charge in [-0.2, -0.15) is 18.2 Å². The van der Waals surface area contributed by atoms with Crippen LogP contribution in [0.15, 0.2) is 11.0 Å². The highest BCUT2D eigenvalue weighted by atomic mass is 19.4. The number of H-pyrrole nitrogens is 1. The zero-order valence-electron chi connectivity index (χ0n) is 8.85. The van der Waals surface area contributed by atoms with Crippen molar-refractivity contribution in [3.05, 3.63) is 16.6 Å². The molecule has 0 atom stereocenters. The third-order valence-corrected chi connectivity index (χ3v) is 1.84. The minimum absolute atomic E-state index is 0.187. The van der Waals surface area contributed by atoms with Gasteiger partial charge in [-0.25, -0.2) is 14.8 Å². The standard InChI is InChI=1S/C8H4F3N5O3/c9-8(10,11)6(18)19-2-1-13-4-3(14-2)5(17)16-7(12)15-4/h1H,(H3,12,13,15,16,17). The predicted molar refractivity (Wildman–Crippen MR) is 54.1 cm³/mol. The van der Waals surface area contributed by atoms with E-state index in [1.165, 1.54) is 0 Å². The van der Waals surface area contributed by atoms with Crippen molar-refractivity contribution in [1.82, 2.24) is 19.9 Å². The van der Waals surface area contributed by atoms with Gasteiger partial charge in [0.25, 0.3) is 5.56 Å². The summed E-state index contributed by atoms with van der Waals surface area (Å²) in [4.78, 5) is 34.5. The highest BCUT2D eigenvalue weighted by molar-refractivity contribution is 5.78. The molecule has 11 heteroatoms. The Hall–Kier alpha value is -2.72. The number of nitrogens with one attached hydrogen (secondary N) is 1. The highest BCUT2D eigenvalue weighted by Gasteiger charge is 2.41. The Labute approximate surface area is 101 Å². The Morgan fingerprint density at radius 2 is 2.05 bits per heavy atom. The van der Waals surface area contributed by atoms with Crippen LogP contribution in [0.4, 0.5) is 19.1 Å². The number of carbonyl (C=O) groups is 1. The zero-order valence-corrected chi connectivity index (χ0v) is 8.85. The van der Waals surface area contributed by atoms with Crippen molar-refractivity contribution in [2.45, 2.75) is 6.18 Å². The number of aromatic nitrogens is 4. The monoisotopic (exact) mass is 275 g/mol. The first-order valence-electron chi connectivity index (χ1n) is 4.59. The molecule has 19 heavy (non-hydrogen) atoms. The van der Waals surface area contributed by atoms with Gasteiger partial charge < -0.3 is 10.5 Å². The van der Waals surface area contributed by atoms with E-state index < -0.39 is 29.1 Å². The molecule has 2 heterocycles. The van der Waals surface area contributed by atoms with E-state index in [9.17, 15) is 22.8 Å². The van der Waals surface area contributed by atoms with Crippen LogP contribution in [0.1, 0.15) is 0 Å². The summed E-state index contributed by atoms with van der Waals surface area (Å²) in [5.74, 6) is -3.47. The maximum atomic E-state index is 12.0. The third kappa shape index (κ3) is 2.59. The van der Waals surface area contributed by atoms with Gasteiger partial charge in [0, 0.05) is 0 Å². The van der Waals surface area contributed by atoms with Crippen molar-refractivity contribution < 1.29 is 22.7 Å². The Balaban J connectivity index is 2.43. The molecular weight excluding hydrogens is 271 g/mol. The smallest absolute Gasteiger partial charge is 0.399 e. The van der Waals surface area contributed by atoms with E-state index in [-0.39, 0.29) is 11.6 Å². The van der Waals surface area contributed by atoms with Gasteiger partial charge in [-0.05, 0) is 0 Å². The van der Waals surface area contributed by atoms with E-state index in [0.717, 1.165) is 6.20 Å². The topological polar surface area (TPSA) is 124 Å². The number of carbonyl (C=O) groups excluding carboxylic acids is 1. The van der Waals surface area contributed by atoms with E-state index in [1.807, 2.05) is 0 Å². The molecular formula is C8H4F3N5O3. The molecule has 2 aromatic rings. The summed E-state index contributed by atoms with van der Waals surface area (Å²) >= 11 is 0. The van der Waals surface area contributed by atoms with Gasteiger partial charge in [0.05, 0.1) is 6.20 Å². The average molecular weight is 275 g/mol. The second-order valence-electron chi connectivity index (χ2n) is 3.22. The van der Waals surface area contributed by atoms with Crippen LogP contribution < -0.4 is 16.0 Å². The van der Waals surface area contributed by atoms with E-state index >= 15 is 0 Å². The van der Waals surface area contributed by atoms with Crippen LogP contribution in [-0.2, 0) is 4.79 Å². The second kappa shape index (κ2) is 4.19. The maximum Gasteiger partial charge on any atom is 0.491 e. The molecule has 0 amide bonds. The summed E-state index contributed by atoms with van der Waals surface area (Å²) in [6, 6.07) is 0. The van der Waals surface area contributed by atoms with Crippen LogP contribution in [0.25, 0.3) is 11.2 Å². The van der Waals surface area contributed by atoms with Gasteiger partial charge in [0.2, 0.25) is 11.8 Å². The Morgan fingerprint density at radius 1 is 1.37 bits per heavy atom. The first-order chi connectivity index (χ1) is 8.77. The van der Waals surface area contributed by atoms with Crippen molar-refractivity contribution in [3.63, 3.8) is 0 Å². The van der Waals surface area contributed by atoms with Gasteiger partial charge in [0.15, 0.2) is 11.2 Å². The fourth-order valence-electron chi connectivity index (χ4n) is 1.12. The maximum absolute atomic E-state index is 12.0. The number of anilines is 1. The summed E-state index contributed by atoms with van der Waals surface area (Å²) < 4.78 is 39.8. The lowest BCUT2D eigenvalue weighted by Crippen LogP contribution is -2.28. The van der Waals surface area contributed by atoms with Crippen molar-refractivity contribution in [2.75, 3.05) is 5.73 Å². The van der Waals surface area contributed by atoms with Crippen LogP contribution in [-0.4, -0.2) is 32.1 Å². The van der Waals surface area contributed by atoms with Crippen LogP contribution in [0.2, 0.25) is 0 Å². The second-order valence-corrected chi connectivity index (χ2v) is 3.22. The van der Waals surface area contributed by atoms with Gasteiger partial charge >= 0.3 is 12.1 Å². The molecule has 0 saturated heterocycles. The normalized spacial score (nSPS) is 11.5. The number of hydrogen-bond acceptors (Lipinski definition) is 7. The number of alkyl halides is 3. The highest BCUT2D eigenvalue weighted by Crippen LogP contribution is 2.18. The van der Waals surface area contributed by atoms with E-state index in [4.69, 9.17) is 5.73 Å². The first-order valence-corrected chi connectivity index (χ1v) is 4.59. The van der Waals surface area contributed by atoms with E-state index in [1.54, 1.807) is 0 Å². The van der Waals surface area contributed by atoms with Gasteiger partial charge in [-0.3, -0.25) is 9.78 Å². The number of fused-ring (bicyclic) bond motifs is 1. The molecule has 0 saturated carbocycles. The average Bonchev–Trinajstić information content (AvgIpc) is 2.28. The third-order valence-electron chi connectivity index (χ3n) is 1.84. The number of nitrogens with two attached hydrogens (primary N) is 1. The zero-order chi connectivity index (χ0) is 14.2. The Bertz CT molecular complexity index is 711. The molecule has 0 spiro atoms. The molecule has 2 aromatic heterocycles. The van der Waals surface area contributed by atoms with Crippen molar-refractivity contribution in [2.24, 2.45) is 0 Å². The van der Waals surface area contributed by atoms with Crippen molar-refractivity contribution >= 4 is 23.1 Å². The molecule has 2 rings (SSSR count). The SMILES string of the molecule is Nc1nc2ncc(OC(=O)C(F)(F)F)nc2c(=O)[nH]1. The van der Waals surface area contributed by atoms with Crippen LogP contribution >= 0.6 is 0 Å². The van der Waals surface area contributed by atoms with E-state index in [0.29, 0.717) is 0 Å². The number of rotatable bonds is 1. The van der Waals surface area contributed by atoms with Crippen molar-refractivity contribution in [3.8, 4) is 5.88 Å². The summed E-state index contributed by atoms with van der Waals surface area (Å²) in [5.41, 5.74) is 3.82. The molecule has 0 fully saturated rings. The lowest BCUT2D eigenvalue weighted by Gasteiger charge is -2.05. The van der Waals surface area contributed by atoms with Gasteiger partial charge in [-0.1, -0.05) is 0 Å². The minimum Gasteiger partial charge on any atom is -0.399 e. The molecule has 0 aliphatic heterocycles. The van der Waals surface area contributed by atoms with Gasteiger partial charge in [-0.15, -0.1) is 0 Å². The predicted octanol–water partition coefficient (Wildman–Crippen LogP) is -0.237. The number of aromatic amines is 1. The molecule has 8 nitrogen and oxygen atoms in total. The molecule has 0 aliphatic carbocycles. The number of esters is 1. The summed E-state index contributed by atoms with van der Waals surface area (Å²) in [6.45, 7) is 0. The first kappa shape index (κ1) is 12.7. The minimum atomic E-state index is -5.18. The van der Waals surface area contributed by atoms with Crippen LogP contribution in [0, 0.1) is 0 Å².